The minimum atomic E-state index is -0.677. The topological polar surface area (TPSA) is 29.1 Å². The summed E-state index contributed by atoms with van der Waals surface area (Å²) in [6.45, 7) is 0. The highest BCUT2D eigenvalue weighted by molar-refractivity contribution is 9.10. The van der Waals surface area contributed by atoms with Crippen molar-refractivity contribution < 1.29 is 9.18 Å². The van der Waals surface area contributed by atoms with Gasteiger partial charge in [0, 0.05) is 4.47 Å². The minimum absolute atomic E-state index is 0.00791. The third-order valence-electron chi connectivity index (χ3n) is 2.40. The van der Waals surface area contributed by atoms with Gasteiger partial charge < -0.3 is 5.32 Å². The Balaban J connectivity index is 2.31. The van der Waals surface area contributed by atoms with Crippen molar-refractivity contribution in [2.45, 2.75) is 0 Å². The molecule has 0 spiro atoms. The Hall–Kier alpha value is -1.10. The van der Waals surface area contributed by atoms with E-state index in [0.29, 0.717) is 4.47 Å². The molecule has 0 fully saturated rings. The number of carbonyl (C=O) groups is 1. The molecule has 0 atom stereocenters. The van der Waals surface area contributed by atoms with Crippen LogP contribution in [0.1, 0.15) is 10.4 Å². The number of halogens is 4. The zero-order valence-corrected chi connectivity index (χ0v) is 12.5. The summed E-state index contributed by atoms with van der Waals surface area (Å²) in [7, 11) is 0. The molecule has 1 amide bonds. The first-order chi connectivity index (χ1) is 9.00. The molecule has 0 aliphatic rings. The van der Waals surface area contributed by atoms with Crippen LogP contribution in [0.3, 0.4) is 0 Å². The van der Waals surface area contributed by atoms with E-state index >= 15 is 0 Å². The van der Waals surface area contributed by atoms with Gasteiger partial charge in [-0.05, 0) is 40.2 Å². The third kappa shape index (κ3) is 3.08. The van der Waals surface area contributed by atoms with Crippen LogP contribution in [-0.2, 0) is 0 Å². The van der Waals surface area contributed by atoms with Crippen LogP contribution in [0.15, 0.2) is 40.9 Å². The lowest BCUT2D eigenvalue weighted by molar-refractivity contribution is 0.102. The molecule has 0 saturated heterocycles. The van der Waals surface area contributed by atoms with Crippen LogP contribution in [0.5, 0.6) is 0 Å². The molecule has 0 heterocycles. The number of nitrogens with one attached hydrogen (secondary N) is 1. The normalized spacial score (nSPS) is 10.3. The molecule has 98 valence electrons. The van der Waals surface area contributed by atoms with Gasteiger partial charge in [-0.3, -0.25) is 4.79 Å². The molecule has 2 aromatic carbocycles. The van der Waals surface area contributed by atoms with E-state index < -0.39 is 11.7 Å². The molecule has 0 saturated carbocycles. The minimum Gasteiger partial charge on any atom is -0.319 e. The van der Waals surface area contributed by atoms with Crippen molar-refractivity contribution in [2.24, 2.45) is 0 Å². The Morgan fingerprint density at radius 3 is 2.58 bits per heavy atom. The van der Waals surface area contributed by atoms with Gasteiger partial charge in [0.15, 0.2) is 5.82 Å². The van der Waals surface area contributed by atoms with Crippen molar-refractivity contribution in [1.82, 2.24) is 0 Å². The lowest BCUT2D eigenvalue weighted by Gasteiger charge is -2.09. The van der Waals surface area contributed by atoms with Crippen molar-refractivity contribution in [3.8, 4) is 0 Å². The molecule has 2 rings (SSSR count). The van der Waals surface area contributed by atoms with E-state index in [1.54, 1.807) is 24.3 Å². The average Bonchev–Trinajstić information content (AvgIpc) is 2.38. The van der Waals surface area contributed by atoms with Gasteiger partial charge in [-0.1, -0.05) is 35.3 Å². The van der Waals surface area contributed by atoms with E-state index in [2.05, 4.69) is 21.2 Å². The number of rotatable bonds is 2. The predicted molar refractivity (Wildman–Crippen MR) is 78.5 cm³/mol. The molecule has 0 bridgehead atoms. The van der Waals surface area contributed by atoms with Crippen LogP contribution < -0.4 is 5.32 Å². The van der Waals surface area contributed by atoms with Crippen LogP contribution in [0.2, 0.25) is 10.0 Å². The molecule has 0 aliphatic carbocycles. The van der Waals surface area contributed by atoms with Gasteiger partial charge in [-0.25, -0.2) is 4.39 Å². The summed E-state index contributed by atoms with van der Waals surface area (Å²) in [4.78, 5) is 12.0. The van der Waals surface area contributed by atoms with E-state index in [4.69, 9.17) is 23.2 Å². The molecule has 1 N–H and O–H groups in total. The van der Waals surface area contributed by atoms with Crippen LogP contribution in [-0.4, -0.2) is 5.91 Å². The summed E-state index contributed by atoms with van der Waals surface area (Å²) in [6, 6.07) is 9.29. The summed E-state index contributed by atoms with van der Waals surface area (Å²) >= 11 is 14.9. The Kier molecular flexibility index (Phi) is 4.45. The first-order valence-corrected chi connectivity index (χ1v) is 6.75. The summed E-state index contributed by atoms with van der Waals surface area (Å²) in [5.41, 5.74) is 0.254. The van der Waals surface area contributed by atoms with Gasteiger partial charge in [0.2, 0.25) is 0 Å². The summed E-state index contributed by atoms with van der Waals surface area (Å²) in [5, 5.41) is 2.64. The first-order valence-electron chi connectivity index (χ1n) is 5.20. The molecule has 0 aromatic heterocycles. The number of anilines is 1. The van der Waals surface area contributed by atoms with Crippen molar-refractivity contribution >= 4 is 50.7 Å². The second-order valence-corrected chi connectivity index (χ2v) is 5.30. The van der Waals surface area contributed by atoms with Gasteiger partial charge in [0.1, 0.15) is 0 Å². The van der Waals surface area contributed by atoms with E-state index in [1.807, 2.05) is 0 Å². The average molecular weight is 363 g/mol. The smallest absolute Gasteiger partial charge is 0.257 e. The molecule has 2 nitrogen and oxygen atoms in total. The lowest BCUT2D eigenvalue weighted by Crippen LogP contribution is -2.13. The van der Waals surface area contributed by atoms with E-state index in [9.17, 15) is 9.18 Å². The summed E-state index contributed by atoms with van der Waals surface area (Å²) < 4.78 is 14.3. The highest BCUT2D eigenvalue weighted by Gasteiger charge is 2.15. The Bertz CT molecular complexity index is 649. The van der Waals surface area contributed by atoms with Crippen molar-refractivity contribution in [1.29, 1.82) is 0 Å². The van der Waals surface area contributed by atoms with E-state index in [-0.39, 0.29) is 21.3 Å². The Morgan fingerprint density at radius 2 is 1.84 bits per heavy atom. The summed E-state index contributed by atoms with van der Waals surface area (Å²) in [5.74, 6) is -1.18. The fourth-order valence-corrected chi connectivity index (χ4v) is 2.22. The maximum absolute atomic E-state index is 13.7. The zero-order valence-electron chi connectivity index (χ0n) is 9.38. The number of hydrogen-bond acceptors (Lipinski definition) is 1. The van der Waals surface area contributed by atoms with E-state index in [1.165, 1.54) is 12.1 Å². The van der Waals surface area contributed by atoms with Crippen molar-refractivity contribution in [2.75, 3.05) is 5.32 Å². The highest BCUT2D eigenvalue weighted by atomic mass is 79.9. The van der Waals surface area contributed by atoms with Crippen molar-refractivity contribution in [3.05, 3.63) is 62.3 Å². The van der Waals surface area contributed by atoms with Crippen LogP contribution in [0.4, 0.5) is 10.1 Å². The molecule has 0 aliphatic heterocycles. The van der Waals surface area contributed by atoms with Gasteiger partial charge in [-0.15, -0.1) is 0 Å². The number of amides is 1. The van der Waals surface area contributed by atoms with Gasteiger partial charge in [0.25, 0.3) is 5.91 Å². The molecule has 0 radical (unpaired) electrons. The Labute approximate surface area is 127 Å². The molecule has 19 heavy (non-hydrogen) atoms. The Morgan fingerprint density at radius 1 is 1.16 bits per heavy atom. The second-order valence-electron chi connectivity index (χ2n) is 3.66. The van der Waals surface area contributed by atoms with Crippen LogP contribution in [0.25, 0.3) is 0 Å². The maximum Gasteiger partial charge on any atom is 0.257 e. The molecule has 2 aromatic rings. The van der Waals surface area contributed by atoms with Gasteiger partial charge in [0.05, 0.1) is 21.3 Å². The number of carbonyl (C=O) groups excluding carboxylic acids is 1. The quantitative estimate of drug-likeness (QED) is 0.786. The SMILES string of the molecule is O=C(Nc1cccc(Cl)c1F)c1cccc(Br)c1Cl. The monoisotopic (exact) mass is 361 g/mol. The molecular weight excluding hydrogens is 356 g/mol. The van der Waals surface area contributed by atoms with Crippen LogP contribution >= 0.6 is 39.1 Å². The predicted octanol–water partition coefficient (Wildman–Crippen LogP) is 5.15. The van der Waals surface area contributed by atoms with Crippen LogP contribution in [0, 0.1) is 5.82 Å². The van der Waals surface area contributed by atoms with Crippen molar-refractivity contribution in [3.63, 3.8) is 0 Å². The molecular formula is C13H7BrCl2FNO. The third-order valence-corrected chi connectivity index (χ3v) is 3.98. The first kappa shape index (κ1) is 14.3. The highest BCUT2D eigenvalue weighted by Crippen LogP contribution is 2.28. The molecule has 0 unspecified atom stereocenters. The van der Waals surface area contributed by atoms with E-state index in [0.717, 1.165) is 0 Å². The van der Waals surface area contributed by atoms with Gasteiger partial charge in [-0.2, -0.15) is 0 Å². The number of benzene rings is 2. The fourth-order valence-electron chi connectivity index (χ4n) is 1.47. The zero-order chi connectivity index (χ0) is 14.0. The number of hydrogen-bond donors (Lipinski definition) is 1. The van der Waals surface area contributed by atoms with Gasteiger partial charge >= 0.3 is 0 Å². The molecule has 6 heteroatoms. The largest absolute Gasteiger partial charge is 0.319 e. The summed E-state index contributed by atoms with van der Waals surface area (Å²) in [6.07, 6.45) is 0. The standard InChI is InChI=1S/C13H7BrCl2FNO/c14-8-4-1-3-7(11(8)16)13(19)18-10-6-2-5-9(15)12(10)17/h1-6H,(H,18,19). The second kappa shape index (κ2) is 5.90. The fraction of sp³-hybridized carbons (Fsp3) is 0. The maximum atomic E-state index is 13.7. The lowest BCUT2D eigenvalue weighted by atomic mass is 10.2.